The highest BCUT2D eigenvalue weighted by Gasteiger charge is 2.15. The van der Waals surface area contributed by atoms with Gasteiger partial charge in [0.05, 0.1) is 0 Å². The molecule has 0 aliphatic carbocycles. The lowest BCUT2D eigenvalue weighted by Gasteiger charge is -2.21. The Morgan fingerprint density at radius 2 is 1.68 bits per heavy atom. The Hall–Kier alpha value is -1.74. The molecule has 2 aromatic carbocycles. The first kappa shape index (κ1) is 13.7. The van der Waals surface area contributed by atoms with Crippen molar-refractivity contribution in [1.82, 2.24) is 0 Å². The number of para-hydroxylation sites is 1. The third kappa shape index (κ3) is 3.18. The number of nitrogens with zero attached hydrogens (tertiary/aromatic N) is 1. The van der Waals surface area contributed by atoms with Crippen LogP contribution in [0.3, 0.4) is 0 Å². The minimum Gasteiger partial charge on any atom is -0.309 e. The van der Waals surface area contributed by atoms with E-state index in [2.05, 4.69) is 0 Å². The highest BCUT2D eigenvalue weighted by molar-refractivity contribution is 7.98. The number of hydrogen-bond donors (Lipinski definition) is 0. The number of carbonyl (C=O) groups is 1. The van der Waals surface area contributed by atoms with Gasteiger partial charge in [-0.25, -0.2) is 0 Å². The molecule has 19 heavy (non-hydrogen) atoms. The zero-order valence-corrected chi connectivity index (χ0v) is 12.0. The number of thioether (sulfide) groups is 1. The van der Waals surface area contributed by atoms with E-state index in [-0.39, 0.29) is 5.91 Å². The summed E-state index contributed by atoms with van der Waals surface area (Å²) in [6.07, 6.45) is 2.03. The van der Waals surface area contributed by atoms with E-state index in [1.807, 2.05) is 67.8 Å². The molecule has 2 rings (SSSR count). The molecule has 0 saturated carbocycles. The zero-order chi connectivity index (χ0) is 13.7. The Morgan fingerprint density at radius 3 is 2.21 bits per heavy atom. The van der Waals surface area contributed by atoms with Crippen molar-refractivity contribution in [1.29, 1.82) is 0 Å². The maximum atomic E-state index is 12.5. The fourth-order valence-electron chi connectivity index (χ4n) is 1.94. The van der Waals surface area contributed by atoms with Gasteiger partial charge in [0.1, 0.15) is 0 Å². The molecule has 0 bridgehead atoms. The molecule has 0 radical (unpaired) electrons. The number of anilines is 1. The summed E-state index contributed by atoms with van der Waals surface area (Å²) in [6, 6.07) is 17.5. The van der Waals surface area contributed by atoms with Crippen LogP contribution in [0.1, 0.15) is 17.3 Å². The molecule has 1 amide bonds. The van der Waals surface area contributed by atoms with Gasteiger partial charge >= 0.3 is 0 Å². The Labute approximate surface area is 118 Å². The van der Waals surface area contributed by atoms with Crippen LogP contribution >= 0.6 is 11.8 Å². The lowest BCUT2D eigenvalue weighted by molar-refractivity contribution is 0.0988. The van der Waals surface area contributed by atoms with Crippen LogP contribution in [0, 0.1) is 0 Å². The first-order valence-electron chi connectivity index (χ1n) is 6.27. The van der Waals surface area contributed by atoms with Crippen molar-refractivity contribution < 1.29 is 4.79 Å². The van der Waals surface area contributed by atoms with E-state index in [9.17, 15) is 4.79 Å². The van der Waals surface area contributed by atoms with E-state index >= 15 is 0 Å². The van der Waals surface area contributed by atoms with Crippen molar-refractivity contribution in [3.05, 3.63) is 60.2 Å². The lowest BCUT2D eigenvalue weighted by Crippen LogP contribution is -2.30. The summed E-state index contributed by atoms with van der Waals surface area (Å²) in [5, 5.41) is 0. The molecular formula is C16H17NOS. The quantitative estimate of drug-likeness (QED) is 0.781. The van der Waals surface area contributed by atoms with E-state index in [0.717, 1.165) is 11.3 Å². The van der Waals surface area contributed by atoms with Crippen molar-refractivity contribution in [2.45, 2.75) is 11.8 Å². The fraction of sp³-hybridized carbons (Fsp3) is 0.188. The van der Waals surface area contributed by atoms with Gasteiger partial charge in [0.2, 0.25) is 0 Å². The maximum absolute atomic E-state index is 12.5. The standard InChI is InChI=1S/C16H17NOS/c1-3-17(14-7-5-4-6-8-14)16(18)13-9-11-15(19-2)12-10-13/h4-12H,3H2,1-2H3. The van der Waals surface area contributed by atoms with E-state index < -0.39 is 0 Å². The molecule has 0 spiro atoms. The van der Waals surface area contributed by atoms with Crippen LogP contribution < -0.4 is 4.90 Å². The number of rotatable bonds is 4. The van der Waals surface area contributed by atoms with Gasteiger partial charge in [-0.1, -0.05) is 18.2 Å². The van der Waals surface area contributed by atoms with Gasteiger partial charge in [-0.15, -0.1) is 11.8 Å². The van der Waals surface area contributed by atoms with Crippen LogP contribution in [0.2, 0.25) is 0 Å². The van der Waals surface area contributed by atoms with Crippen molar-refractivity contribution in [3.8, 4) is 0 Å². The first-order chi connectivity index (χ1) is 9.26. The van der Waals surface area contributed by atoms with Gasteiger partial charge in [0.25, 0.3) is 5.91 Å². The van der Waals surface area contributed by atoms with E-state index in [1.54, 1.807) is 16.7 Å². The molecule has 98 valence electrons. The molecule has 0 atom stereocenters. The molecule has 3 heteroatoms. The van der Waals surface area contributed by atoms with Crippen LogP contribution in [-0.2, 0) is 0 Å². The summed E-state index contributed by atoms with van der Waals surface area (Å²) < 4.78 is 0. The van der Waals surface area contributed by atoms with E-state index in [1.165, 1.54) is 4.90 Å². The average Bonchev–Trinajstić information content (AvgIpc) is 2.49. The molecule has 0 unspecified atom stereocenters. The SMILES string of the molecule is CCN(C(=O)c1ccc(SC)cc1)c1ccccc1. The molecule has 0 aliphatic heterocycles. The predicted octanol–water partition coefficient (Wildman–Crippen LogP) is 4.08. The van der Waals surface area contributed by atoms with Crippen molar-refractivity contribution in [2.24, 2.45) is 0 Å². The summed E-state index contributed by atoms with van der Waals surface area (Å²) in [5.41, 5.74) is 1.66. The number of amides is 1. The smallest absolute Gasteiger partial charge is 0.258 e. The summed E-state index contributed by atoms with van der Waals surface area (Å²) in [4.78, 5) is 15.4. The summed E-state index contributed by atoms with van der Waals surface area (Å²) >= 11 is 1.67. The molecular weight excluding hydrogens is 254 g/mol. The highest BCUT2D eigenvalue weighted by atomic mass is 32.2. The van der Waals surface area contributed by atoms with Gasteiger partial charge in [-0.2, -0.15) is 0 Å². The second-order valence-electron chi connectivity index (χ2n) is 4.11. The molecule has 0 heterocycles. The molecule has 0 fully saturated rings. The third-order valence-corrected chi connectivity index (χ3v) is 3.71. The average molecular weight is 271 g/mol. The second kappa shape index (κ2) is 6.43. The summed E-state index contributed by atoms with van der Waals surface area (Å²) in [5.74, 6) is 0.0429. The summed E-state index contributed by atoms with van der Waals surface area (Å²) in [7, 11) is 0. The van der Waals surface area contributed by atoms with Crippen molar-refractivity contribution in [3.63, 3.8) is 0 Å². The maximum Gasteiger partial charge on any atom is 0.258 e. The van der Waals surface area contributed by atoms with Gasteiger partial charge < -0.3 is 4.90 Å². The molecule has 0 aliphatic rings. The van der Waals surface area contributed by atoms with Gasteiger partial charge in [-0.05, 0) is 49.6 Å². The van der Waals surface area contributed by atoms with E-state index in [0.29, 0.717) is 6.54 Å². The van der Waals surface area contributed by atoms with Crippen LogP contribution in [0.25, 0.3) is 0 Å². The van der Waals surface area contributed by atoms with Gasteiger partial charge in [-0.3, -0.25) is 4.79 Å². The molecule has 0 aromatic heterocycles. The van der Waals surface area contributed by atoms with Gasteiger partial charge in [0, 0.05) is 22.7 Å². The minimum absolute atomic E-state index is 0.0429. The number of benzene rings is 2. The molecule has 0 saturated heterocycles. The van der Waals surface area contributed by atoms with Crippen LogP contribution in [0.4, 0.5) is 5.69 Å². The van der Waals surface area contributed by atoms with Crippen LogP contribution in [-0.4, -0.2) is 18.7 Å². The molecule has 2 aromatic rings. The zero-order valence-electron chi connectivity index (χ0n) is 11.2. The van der Waals surface area contributed by atoms with Crippen LogP contribution in [0.15, 0.2) is 59.5 Å². The molecule has 2 nitrogen and oxygen atoms in total. The number of carbonyl (C=O) groups excluding carboxylic acids is 1. The Morgan fingerprint density at radius 1 is 1.05 bits per heavy atom. The second-order valence-corrected chi connectivity index (χ2v) is 4.99. The largest absolute Gasteiger partial charge is 0.309 e. The van der Waals surface area contributed by atoms with Crippen LogP contribution in [0.5, 0.6) is 0 Å². The van der Waals surface area contributed by atoms with Crippen molar-refractivity contribution in [2.75, 3.05) is 17.7 Å². The minimum atomic E-state index is 0.0429. The van der Waals surface area contributed by atoms with Gasteiger partial charge in [0.15, 0.2) is 0 Å². The summed E-state index contributed by atoms with van der Waals surface area (Å²) in [6.45, 7) is 2.65. The Kier molecular flexibility index (Phi) is 4.63. The Bertz CT molecular complexity index is 536. The number of hydrogen-bond acceptors (Lipinski definition) is 2. The fourth-order valence-corrected chi connectivity index (χ4v) is 2.35. The van der Waals surface area contributed by atoms with E-state index in [4.69, 9.17) is 0 Å². The monoisotopic (exact) mass is 271 g/mol. The Balaban J connectivity index is 2.25. The first-order valence-corrected chi connectivity index (χ1v) is 7.49. The normalized spacial score (nSPS) is 10.2. The lowest BCUT2D eigenvalue weighted by atomic mass is 10.2. The third-order valence-electron chi connectivity index (χ3n) is 2.97. The predicted molar refractivity (Wildman–Crippen MR) is 82.0 cm³/mol. The van der Waals surface area contributed by atoms with Crippen molar-refractivity contribution >= 4 is 23.4 Å². The molecule has 0 N–H and O–H groups in total. The topological polar surface area (TPSA) is 20.3 Å². The highest BCUT2D eigenvalue weighted by Crippen LogP contribution is 2.19.